The third-order valence-corrected chi connectivity index (χ3v) is 3.88. The quantitative estimate of drug-likeness (QED) is 0.712. The summed E-state index contributed by atoms with van der Waals surface area (Å²) in [6, 6.07) is -0.341. The van der Waals surface area contributed by atoms with E-state index in [4.69, 9.17) is 0 Å². The summed E-state index contributed by atoms with van der Waals surface area (Å²) in [6.07, 6.45) is 1.02. The van der Waals surface area contributed by atoms with E-state index in [1.54, 1.807) is 0 Å². The molecule has 1 unspecified atom stereocenters. The van der Waals surface area contributed by atoms with E-state index in [1.807, 2.05) is 0 Å². The number of thioether (sulfide) groups is 1. The minimum Gasteiger partial charge on any atom is -0.355 e. The van der Waals surface area contributed by atoms with Crippen LogP contribution in [0.2, 0.25) is 0 Å². The highest BCUT2D eigenvalue weighted by molar-refractivity contribution is 8.00. The number of carbonyl (C=O) groups is 3. The van der Waals surface area contributed by atoms with Gasteiger partial charge in [0.05, 0.1) is 11.5 Å². The fourth-order valence-electron chi connectivity index (χ4n) is 1.50. The summed E-state index contributed by atoms with van der Waals surface area (Å²) in [5.74, 6) is 0.560. The maximum atomic E-state index is 11.7. The lowest BCUT2D eigenvalue weighted by molar-refractivity contribution is -0.124. The second-order valence-corrected chi connectivity index (χ2v) is 5.57. The van der Waals surface area contributed by atoms with Crippen molar-refractivity contribution in [2.45, 2.75) is 20.3 Å². The molecule has 0 aromatic carbocycles. The van der Waals surface area contributed by atoms with Crippen molar-refractivity contribution in [3.05, 3.63) is 0 Å². The molecule has 7 heteroatoms. The van der Waals surface area contributed by atoms with Crippen molar-refractivity contribution in [2.75, 3.05) is 31.1 Å². The average molecular weight is 287 g/mol. The summed E-state index contributed by atoms with van der Waals surface area (Å²) in [7, 11) is 0. The van der Waals surface area contributed by atoms with Crippen LogP contribution in [-0.4, -0.2) is 53.9 Å². The van der Waals surface area contributed by atoms with Crippen molar-refractivity contribution in [3.63, 3.8) is 0 Å². The Morgan fingerprint density at radius 1 is 1.47 bits per heavy atom. The maximum Gasteiger partial charge on any atom is 0.324 e. The molecule has 1 heterocycles. The van der Waals surface area contributed by atoms with Gasteiger partial charge in [0.25, 0.3) is 0 Å². The fourth-order valence-corrected chi connectivity index (χ4v) is 2.22. The van der Waals surface area contributed by atoms with E-state index < -0.39 is 0 Å². The molecule has 1 atom stereocenters. The number of urea groups is 1. The van der Waals surface area contributed by atoms with Gasteiger partial charge in [-0.1, -0.05) is 20.3 Å². The van der Waals surface area contributed by atoms with Gasteiger partial charge in [-0.3, -0.25) is 14.5 Å². The van der Waals surface area contributed by atoms with Crippen LogP contribution in [-0.2, 0) is 9.59 Å². The summed E-state index contributed by atoms with van der Waals surface area (Å²) in [5.41, 5.74) is 0. The molecule has 1 rings (SSSR count). The van der Waals surface area contributed by atoms with Gasteiger partial charge in [0.1, 0.15) is 0 Å². The first-order valence-corrected chi connectivity index (χ1v) is 7.62. The molecule has 1 aliphatic heterocycles. The molecular formula is C12H21N3O3S. The Bertz CT molecular complexity index is 349. The van der Waals surface area contributed by atoms with Gasteiger partial charge >= 0.3 is 6.03 Å². The predicted molar refractivity (Wildman–Crippen MR) is 74.9 cm³/mol. The van der Waals surface area contributed by atoms with Gasteiger partial charge in [0.2, 0.25) is 11.8 Å². The Balaban J connectivity index is 2.14. The SMILES string of the molecule is CCC(C)CNC(=O)CSCC(=O)N1CCNC1=O. The number of nitrogens with one attached hydrogen (secondary N) is 2. The molecule has 0 saturated carbocycles. The smallest absolute Gasteiger partial charge is 0.324 e. The van der Waals surface area contributed by atoms with Crippen molar-refractivity contribution < 1.29 is 14.4 Å². The van der Waals surface area contributed by atoms with Gasteiger partial charge in [0.15, 0.2) is 0 Å². The standard InChI is InChI=1S/C12H21N3O3S/c1-3-9(2)6-14-10(16)7-19-8-11(17)15-5-4-13-12(15)18/h9H,3-8H2,1-2H3,(H,13,18)(H,14,16). The lowest BCUT2D eigenvalue weighted by atomic mass is 10.1. The van der Waals surface area contributed by atoms with Crippen molar-refractivity contribution in [3.8, 4) is 0 Å². The molecule has 0 bridgehead atoms. The topological polar surface area (TPSA) is 78.5 Å². The molecule has 0 aromatic rings. The van der Waals surface area contributed by atoms with Crippen LogP contribution in [0.1, 0.15) is 20.3 Å². The Kier molecular flexibility index (Phi) is 6.69. The Morgan fingerprint density at radius 2 is 2.21 bits per heavy atom. The van der Waals surface area contributed by atoms with E-state index in [9.17, 15) is 14.4 Å². The lowest BCUT2D eigenvalue weighted by Crippen LogP contribution is -2.36. The van der Waals surface area contributed by atoms with Crippen molar-refractivity contribution in [2.24, 2.45) is 5.92 Å². The van der Waals surface area contributed by atoms with Gasteiger partial charge in [0, 0.05) is 19.6 Å². The van der Waals surface area contributed by atoms with E-state index in [0.29, 0.717) is 25.6 Å². The van der Waals surface area contributed by atoms with E-state index in [1.165, 1.54) is 16.7 Å². The normalized spacial score (nSPS) is 16.1. The largest absolute Gasteiger partial charge is 0.355 e. The first kappa shape index (κ1) is 15.8. The number of carbonyl (C=O) groups excluding carboxylic acids is 3. The second-order valence-electron chi connectivity index (χ2n) is 4.59. The zero-order valence-electron chi connectivity index (χ0n) is 11.4. The average Bonchev–Trinajstić information content (AvgIpc) is 2.82. The first-order chi connectivity index (χ1) is 9.04. The summed E-state index contributed by atoms with van der Waals surface area (Å²) < 4.78 is 0. The van der Waals surface area contributed by atoms with Crippen LogP contribution in [0.25, 0.3) is 0 Å². The monoisotopic (exact) mass is 287 g/mol. The van der Waals surface area contributed by atoms with E-state index in [2.05, 4.69) is 24.5 Å². The second kappa shape index (κ2) is 8.04. The summed E-state index contributed by atoms with van der Waals surface area (Å²) >= 11 is 1.23. The first-order valence-electron chi connectivity index (χ1n) is 6.47. The van der Waals surface area contributed by atoms with Crippen LogP contribution < -0.4 is 10.6 Å². The molecule has 1 aliphatic rings. The highest BCUT2D eigenvalue weighted by Crippen LogP contribution is 2.05. The van der Waals surface area contributed by atoms with Crippen molar-refractivity contribution in [1.82, 2.24) is 15.5 Å². The molecule has 2 N–H and O–H groups in total. The lowest BCUT2D eigenvalue weighted by Gasteiger charge is -2.12. The van der Waals surface area contributed by atoms with Crippen LogP contribution in [0.15, 0.2) is 0 Å². The zero-order chi connectivity index (χ0) is 14.3. The minimum atomic E-state index is -0.341. The van der Waals surface area contributed by atoms with Crippen LogP contribution >= 0.6 is 11.8 Å². The molecular weight excluding hydrogens is 266 g/mol. The predicted octanol–water partition coefficient (Wildman–Crippen LogP) is 0.434. The van der Waals surface area contributed by atoms with E-state index in [0.717, 1.165) is 6.42 Å². The maximum absolute atomic E-state index is 11.7. The van der Waals surface area contributed by atoms with Crippen LogP contribution in [0.5, 0.6) is 0 Å². The van der Waals surface area contributed by atoms with Gasteiger partial charge in [-0.2, -0.15) is 0 Å². The van der Waals surface area contributed by atoms with E-state index >= 15 is 0 Å². The summed E-state index contributed by atoms with van der Waals surface area (Å²) in [6.45, 7) is 5.73. The van der Waals surface area contributed by atoms with Crippen LogP contribution in [0, 0.1) is 5.92 Å². The number of hydrogen-bond acceptors (Lipinski definition) is 4. The molecule has 4 amide bonds. The molecule has 0 aliphatic carbocycles. The van der Waals surface area contributed by atoms with Gasteiger partial charge in [-0.05, 0) is 5.92 Å². The number of nitrogens with zero attached hydrogens (tertiary/aromatic N) is 1. The van der Waals surface area contributed by atoms with Gasteiger partial charge < -0.3 is 10.6 Å². The molecule has 0 aromatic heterocycles. The molecule has 19 heavy (non-hydrogen) atoms. The highest BCUT2D eigenvalue weighted by Gasteiger charge is 2.25. The molecule has 0 spiro atoms. The summed E-state index contributed by atoms with van der Waals surface area (Å²) in [4.78, 5) is 35.6. The Morgan fingerprint density at radius 3 is 2.79 bits per heavy atom. The number of hydrogen-bond donors (Lipinski definition) is 2. The molecule has 1 fully saturated rings. The van der Waals surface area contributed by atoms with Crippen LogP contribution in [0.3, 0.4) is 0 Å². The third kappa shape index (κ3) is 5.50. The number of amides is 4. The molecule has 108 valence electrons. The zero-order valence-corrected chi connectivity index (χ0v) is 12.2. The molecule has 6 nitrogen and oxygen atoms in total. The Hall–Kier alpha value is -1.24. The molecule has 1 saturated heterocycles. The highest BCUT2D eigenvalue weighted by atomic mass is 32.2. The summed E-state index contributed by atoms with van der Waals surface area (Å²) in [5, 5.41) is 5.39. The molecule has 0 radical (unpaired) electrons. The van der Waals surface area contributed by atoms with Crippen molar-refractivity contribution >= 4 is 29.6 Å². The van der Waals surface area contributed by atoms with Gasteiger partial charge in [-0.15, -0.1) is 11.8 Å². The van der Waals surface area contributed by atoms with Crippen LogP contribution in [0.4, 0.5) is 4.79 Å². The van der Waals surface area contributed by atoms with E-state index in [-0.39, 0.29) is 29.4 Å². The number of rotatable bonds is 7. The Labute approximate surface area is 117 Å². The number of imide groups is 1. The third-order valence-electron chi connectivity index (χ3n) is 2.96. The fraction of sp³-hybridized carbons (Fsp3) is 0.750. The minimum absolute atomic E-state index is 0.0658. The van der Waals surface area contributed by atoms with Crippen molar-refractivity contribution in [1.29, 1.82) is 0 Å². The van der Waals surface area contributed by atoms with Gasteiger partial charge in [-0.25, -0.2) is 4.79 Å².